The first-order valence-corrected chi connectivity index (χ1v) is 6.97. The van der Waals surface area contributed by atoms with Crippen LogP contribution in [0.1, 0.15) is 24.2 Å². The number of hydrogen-bond acceptors (Lipinski definition) is 5. The van der Waals surface area contributed by atoms with Gasteiger partial charge in [-0.3, -0.25) is 4.79 Å². The van der Waals surface area contributed by atoms with Crippen molar-refractivity contribution in [1.29, 1.82) is 0 Å². The summed E-state index contributed by atoms with van der Waals surface area (Å²) in [7, 11) is 1.49. The van der Waals surface area contributed by atoms with E-state index in [1.54, 1.807) is 18.2 Å². The summed E-state index contributed by atoms with van der Waals surface area (Å²) in [6.07, 6.45) is -0.729. The summed E-state index contributed by atoms with van der Waals surface area (Å²) in [5.41, 5.74) is 0.450. The third-order valence-electron chi connectivity index (χ3n) is 2.66. The fourth-order valence-corrected chi connectivity index (χ4v) is 1.76. The average molecular weight is 297 g/mol. The molecule has 1 aromatic rings. The van der Waals surface area contributed by atoms with Gasteiger partial charge in [0.2, 0.25) is 0 Å². The zero-order chi connectivity index (χ0) is 15.7. The van der Waals surface area contributed by atoms with Crippen LogP contribution >= 0.6 is 0 Å². The van der Waals surface area contributed by atoms with Crippen LogP contribution in [0, 0.1) is 0 Å². The highest BCUT2D eigenvalue weighted by Crippen LogP contribution is 2.28. The molecule has 118 valence electrons. The van der Waals surface area contributed by atoms with Crippen LogP contribution in [0.3, 0.4) is 0 Å². The zero-order valence-electron chi connectivity index (χ0n) is 12.7. The minimum Gasteiger partial charge on any atom is -0.490 e. The predicted molar refractivity (Wildman–Crippen MR) is 79.0 cm³/mol. The van der Waals surface area contributed by atoms with E-state index in [0.29, 0.717) is 30.3 Å². The maximum absolute atomic E-state index is 12.0. The first-order chi connectivity index (χ1) is 10.1. The lowest BCUT2D eigenvalue weighted by molar-refractivity contribution is 0.0609. The van der Waals surface area contributed by atoms with E-state index >= 15 is 0 Å². The average Bonchev–Trinajstić information content (AvgIpc) is 2.47. The number of carbonyl (C=O) groups is 1. The van der Waals surface area contributed by atoms with Crippen LogP contribution in [0.15, 0.2) is 18.2 Å². The molecule has 2 N–H and O–H groups in total. The third kappa shape index (κ3) is 5.61. The number of benzene rings is 1. The number of nitrogens with one attached hydrogen (secondary N) is 1. The Bertz CT molecular complexity index is 450. The van der Waals surface area contributed by atoms with Crippen LogP contribution in [0.2, 0.25) is 0 Å². The molecule has 21 heavy (non-hydrogen) atoms. The molecule has 6 heteroatoms. The quantitative estimate of drug-likeness (QED) is 0.716. The molecule has 6 nitrogen and oxygen atoms in total. The van der Waals surface area contributed by atoms with E-state index in [4.69, 9.17) is 14.2 Å². The molecule has 0 radical (unpaired) electrons. The van der Waals surface area contributed by atoms with Gasteiger partial charge in [-0.25, -0.2) is 0 Å². The molecule has 0 aromatic heterocycles. The van der Waals surface area contributed by atoms with E-state index < -0.39 is 6.10 Å². The molecule has 1 aromatic carbocycles. The fourth-order valence-electron chi connectivity index (χ4n) is 1.76. The zero-order valence-corrected chi connectivity index (χ0v) is 12.7. The summed E-state index contributed by atoms with van der Waals surface area (Å²) in [6, 6.07) is 4.99. The summed E-state index contributed by atoms with van der Waals surface area (Å²) >= 11 is 0. The maximum Gasteiger partial charge on any atom is 0.251 e. The molecule has 0 aliphatic heterocycles. The summed E-state index contributed by atoms with van der Waals surface area (Å²) in [5.74, 6) is 0.855. The number of aliphatic hydroxyl groups excluding tert-OH is 1. The van der Waals surface area contributed by atoms with E-state index in [-0.39, 0.29) is 19.1 Å². The van der Waals surface area contributed by atoms with Gasteiger partial charge in [0, 0.05) is 19.2 Å². The summed E-state index contributed by atoms with van der Waals surface area (Å²) in [5, 5.41) is 12.2. The molecule has 0 saturated heterocycles. The van der Waals surface area contributed by atoms with Crippen LogP contribution in [-0.2, 0) is 4.74 Å². The lowest BCUT2D eigenvalue weighted by Crippen LogP contribution is -2.34. The van der Waals surface area contributed by atoms with Crippen molar-refractivity contribution in [3.8, 4) is 11.5 Å². The SMILES string of the molecule is CCOc1ccc(C(=O)NCC(O)COC)cc1OCC. The number of amides is 1. The highest BCUT2D eigenvalue weighted by Gasteiger charge is 2.12. The molecule has 0 fully saturated rings. The second kappa shape index (κ2) is 9.20. The van der Waals surface area contributed by atoms with Gasteiger partial charge < -0.3 is 24.6 Å². The normalized spacial score (nSPS) is 11.8. The molecule has 0 aliphatic rings. The van der Waals surface area contributed by atoms with Crippen LogP contribution < -0.4 is 14.8 Å². The highest BCUT2D eigenvalue weighted by molar-refractivity contribution is 5.94. The van der Waals surface area contributed by atoms with Gasteiger partial charge in [-0.15, -0.1) is 0 Å². The molecule has 0 saturated carbocycles. The lowest BCUT2D eigenvalue weighted by atomic mass is 10.2. The number of ether oxygens (including phenoxy) is 3. The molecular weight excluding hydrogens is 274 g/mol. The number of aliphatic hydroxyl groups is 1. The Morgan fingerprint density at radius 2 is 1.90 bits per heavy atom. The number of carbonyl (C=O) groups excluding carboxylic acids is 1. The third-order valence-corrected chi connectivity index (χ3v) is 2.66. The molecule has 1 amide bonds. The molecule has 0 heterocycles. The molecule has 1 unspecified atom stereocenters. The minimum absolute atomic E-state index is 0.129. The Morgan fingerprint density at radius 3 is 2.52 bits per heavy atom. The maximum atomic E-state index is 12.0. The molecule has 1 atom stereocenters. The summed E-state index contributed by atoms with van der Waals surface area (Å²) < 4.78 is 15.7. The van der Waals surface area contributed by atoms with E-state index in [0.717, 1.165) is 0 Å². The summed E-state index contributed by atoms with van der Waals surface area (Å²) in [4.78, 5) is 12.0. The van der Waals surface area contributed by atoms with Gasteiger partial charge in [-0.05, 0) is 32.0 Å². The van der Waals surface area contributed by atoms with Crippen LogP contribution in [-0.4, -0.2) is 50.6 Å². The van der Waals surface area contributed by atoms with Gasteiger partial charge in [0.05, 0.1) is 25.9 Å². The molecule has 1 rings (SSSR count). The minimum atomic E-state index is -0.729. The van der Waals surface area contributed by atoms with Crippen molar-refractivity contribution < 1.29 is 24.1 Å². The lowest BCUT2D eigenvalue weighted by Gasteiger charge is -2.13. The van der Waals surface area contributed by atoms with Gasteiger partial charge in [0.15, 0.2) is 11.5 Å². The van der Waals surface area contributed by atoms with Crippen molar-refractivity contribution >= 4 is 5.91 Å². The van der Waals surface area contributed by atoms with Gasteiger partial charge in [-0.2, -0.15) is 0 Å². The van der Waals surface area contributed by atoms with E-state index in [2.05, 4.69) is 5.32 Å². The largest absolute Gasteiger partial charge is 0.490 e. The smallest absolute Gasteiger partial charge is 0.251 e. The highest BCUT2D eigenvalue weighted by atomic mass is 16.5. The standard InChI is InChI=1S/C15H23NO5/c1-4-20-13-7-6-11(8-14(13)21-5-2)15(18)16-9-12(17)10-19-3/h6-8,12,17H,4-5,9-10H2,1-3H3,(H,16,18). The summed E-state index contributed by atoms with van der Waals surface area (Å²) in [6.45, 7) is 5.06. The van der Waals surface area contributed by atoms with Crippen molar-refractivity contribution in [2.45, 2.75) is 20.0 Å². The Balaban J connectivity index is 2.73. The number of methoxy groups -OCH3 is 1. The Kier molecular flexibility index (Phi) is 7.56. The Morgan fingerprint density at radius 1 is 1.24 bits per heavy atom. The molecular formula is C15H23NO5. The van der Waals surface area contributed by atoms with Crippen molar-refractivity contribution in [1.82, 2.24) is 5.32 Å². The van der Waals surface area contributed by atoms with Crippen molar-refractivity contribution in [2.24, 2.45) is 0 Å². The monoisotopic (exact) mass is 297 g/mol. The second-order valence-corrected chi connectivity index (χ2v) is 4.35. The van der Waals surface area contributed by atoms with Crippen LogP contribution in [0.25, 0.3) is 0 Å². The molecule has 0 bridgehead atoms. The van der Waals surface area contributed by atoms with Gasteiger partial charge >= 0.3 is 0 Å². The Hall–Kier alpha value is -1.79. The van der Waals surface area contributed by atoms with Crippen LogP contribution in [0.5, 0.6) is 11.5 Å². The molecule has 0 spiro atoms. The molecule has 0 aliphatic carbocycles. The first-order valence-electron chi connectivity index (χ1n) is 6.97. The van der Waals surface area contributed by atoms with Crippen molar-refractivity contribution in [3.05, 3.63) is 23.8 Å². The van der Waals surface area contributed by atoms with Crippen molar-refractivity contribution in [2.75, 3.05) is 33.5 Å². The first kappa shape index (κ1) is 17.3. The van der Waals surface area contributed by atoms with E-state index in [1.807, 2.05) is 13.8 Å². The predicted octanol–water partition coefficient (Wildman–Crippen LogP) is 1.22. The fraction of sp³-hybridized carbons (Fsp3) is 0.533. The van der Waals surface area contributed by atoms with Gasteiger partial charge in [0.1, 0.15) is 0 Å². The number of rotatable bonds is 9. The van der Waals surface area contributed by atoms with E-state index in [9.17, 15) is 9.90 Å². The number of hydrogen-bond donors (Lipinski definition) is 2. The second-order valence-electron chi connectivity index (χ2n) is 4.35. The van der Waals surface area contributed by atoms with Gasteiger partial charge in [-0.1, -0.05) is 0 Å². The van der Waals surface area contributed by atoms with E-state index in [1.165, 1.54) is 7.11 Å². The van der Waals surface area contributed by atoms with Crippen LogP contribution in [0.4, 0.5) is 0 Å². The topological polar surface area (TPSA) is 77.0 Å². The van der Waals surface area contributed by atoms with Crippen molar-refractivity contribution in [3.63, 3.8) is 0 Å². The Labute approximate surface area is 125 Å². The van der Waals surface area contributed by atoms with Gasteiger partial charge in [0.25, 0.3) is 5.91 Å².